The van der Waals surface area contributed by atoms with E-state index in [1.165, 1.54) is 25.4 Å². The Hall–Kier alpha value is -2.68. The Morgan fingerprint density at radius 2 is 1.83 bits per heavy atom. The second kappa shape index (κ2) is 8.25. The number of alkyl halides is 2. The maximum Gasteiger partial charge on any atom is 0.318 e. The van der Waals surface area contributed by atoms with Crippen LogP contribution in [0.2, 0.25) is 0 Å². The van der Waals surface area contributed by atoms with Crippen molar-refractivity contribution in [3.8, 4) is 0 Å². The van der Waals surface area contributed by atoms with Crippen molar-refractivity contribution in [1.29, 1.82) is 0 Å². The van der Waals surface area contributed by atoms with Crippen molar-refractivity contribution in [2.75, 3.05) is 17.7 Å². The minimum atomic E-state index is -2.67. The molecule has 0 aliphatic heterocycles. The Kier molecular flexibility index (Phi) is 6.07. The lowest BCUT2D eigenvalue weighted by Gasteiger charge is -2.10. The van der Waals surface area contributed by atoms with Crippen LogP contribution < -0.4 is 16.0 Å². The molecule has 1 heterocycles. The standard InChI is InChI=1S/C15H14F2N4O2S/c1-18-15(23)21-10-5-2-4-9(8-10)20-12(22)11-6-3-7-19-13(11)24-14(16)17/h2-8,14H,1H3,(H,20,22)(H2,18,21,23). The SMILES string of the molecule is CNC(=O)Nc1cccc(NC(=O)c2cccnc2SC(F)F)c1. The van der Waals surface area contributed by atoms with Gasteiger partial charge in [0.15, 0.2) is 0 Å². The second-order valence-electron chi connectivity index (χ2n) is 4.47. The molecule has 0 unspecified atom stereocenters. The van der Waals surface area contributed by atoms with E-state index in [9.17, 15) is 18.4 Å². The molecule has 0 radical (unpaired) electrons. The van der Waals surface area contributed by atoms with Gasteiger partial charge in [0.2, 0.25) is 0 Å². The van der Waals surface area contributed by atoms with E-state index < -0.39 is 17.7 Å². The number of benzene rings is 1. The number of thioether (sulfide) groups is 1. The van der Waals surface area contributed by atoms with E-state index in [0.717, 1.165) is 0 Å². The summed E-state index contributed by atoms with van der Waals surface area (Å²) in [6.45, 7) is 0. The smallest absolute Gasteiger partial charge is 0.318 e. The van der Waals surface area contributed by atoms with Crippen molar-refractivity contribution in [1.82, 2.24) is 10.3 Å². The average molecular weight is 352 g/mol. The van der Waals surface area contributed by atoms with Gasteiger partial charge in [0.05, 0.1) is 5.56 Å². The molecule has 2 aromatic rings. The molecular formula is C15H14F2N4O2S. The van der Waals surface area contributed by atoms with Gasteiger partial charge in [-0.3, -0.25) is 4.79 Å². The Balaban J connectivity index is 2.15. The van der Waals surface area contributed by atoms with Gasteiger partial charge < -0.3 is 16.0 Å². The first-order valence-corrected chi connectivity index (χ1v) is 7.67. The molecule has 9 heteroatoms. The molecule has 3 N–H and O–H groups in total. The van der Waals surface area contributed by atoms with Crippen molar-refractivity contribution in [3.05, 3.63) is 48.2 Å². The van der Waals surface area contributed by atoms with E-state index in [4.69, 9.17) is 0 Å². The number of amides is 3. The summed E-state index contributed by atoms with van der Waals surface area (Å²) < 4.78 is 25.1. The minimum Gasteiger partial charge on any atom is -0.341 e. The predicted octanol–water partition coefficient (Wildman–Crippen LogP) is 3.40. The van der Waals surface area contributed by atoms with E-state index in [1.807, 2.05) is 0 Å². The highest BCUT2D eigenvalue weighted by Crippen LogP contribution is 2.27. The zero-order valence-electron chi connectivity index (χ0n) is 12.5. The first-order valence-electron chi connectivity index (χ1n) is 6.79. The van der Waals surface area contributed by atoms with Gasteiger partial charge in [-0.2, -0.15) is 8.78 Å². The maximum absolute atomic E-state index is 12.5. The lowest BCUT2D eigenvalue weighted by molar-refractivity contribution is 0.102. The number of hydrogen-bond donors (Lipinski definition) is 3. The quantitative estimate of drug-likeness (QED) is 0.720. The fourth-order valence-electron chi connectivity index (χ4n) is 1.81. The third-order valence-electron chi connectivity index (χ3n) is 2.82. The molecular weight excluding hydrogens is 338 g/mol. The van der Waals surface area contributed by atoms with Crippen LogP contribution in [0, 0.1) is 0 Å². The number of rotatable bonds is 5. The molecule has 0 atom stereocenters. The molecule has 24 heavy (non-hydrogen) atoms. The summed E-state index contributed by atoms with van der Waals surface area (Å²) in [5, 5.41) is 7.51. The molecule has 3 amide bonds. The lowest BCUT2D eigenvalue weighted by atomic mass is 10.2. The van der Waals surface area contributed by atoms with Crippen LogP contribution in [0.5, 0.6) is 0 Å². The van der Waals surface area contributed by atoms with Crippen LogP contribution in [-0.2, 0) is 0 Å². The second-order valence-corrected chi connectivity index (χ2v) is 5.45. The van der Waals surface area contributed by atoms with Crippen LogP contribution in [0.15, 0.2) is 47.6 Å². The van der Waals surface area contributed by atoms with Gasteiger partial charge >= 0.3 is 6.03 Å². The highest BCUT2D eigenvalue weighted by atomic mass is 32.2. The van der Waals surface area contributed by atoms with Crippen LogP contribution in [0.25, 0.3) is 0 Å². The molecule has 0 saturated heterocycles. The van der Waals surface area contributed by atoms with E-state index in [1.54, 1.807) is 24.3 Å². The summed E-state index contributed by atoms with van der Waals surface area (Å²) in [7, 11) is 1.48. The first-order chi connectivity index (χ1) is 11.5. The molecule has 0 fully saturated rings. The maximum atomic E-state index is 12.5. The van der Waals surface area contributed by atoms with Crippen molar-refractivity contribution >= 4 is 35.1 Å². The van der Waals surface area contributed by atoms with E-state index in [-0.39, 0.29) is 22.4 Å². The molecule has 0 aliphatic rings. The van der Waals surface area contributed by atoms with Gasteiger partial charge in [0.25, 0.3) is 11.7 Å². The summed E-state index contributed by atoms with van der Waals surface area (Å²) in [6.07, 6.45) is 1.34. The minimum absolute atomic E-state index is 0.0486. The van der Waals surface area contributed by atoms with Crippen LogP contribution in [0.3, 0.4) is 0 Å². The molecule has 0 saturated carbocycles. The van der Waals surface area contributed by atoms with E-state index in [2.05, 4.69) is 20.9 Å². The van der Waals surface area contributed by atoms with Crippen molar-refractivity contribution in [2.45, 2.75) is 10.8 Å². The number of nitrogens with one attached hydrogen (secondary N) is 3. The van der Waals surface area contributed by atoms with E-state index >= 15 is 0 Å². The van der Waals surface area contributed by atoms with Crippen molar-refractivity contribution < 1.29 is 18.4 Å². The van der Waals surface area contributed by atoms with Crippen molar-refractivity contribution in [3.63, 3.8) is 0 Å². The van der Waals surface area contributed by atoms with Gasteiger partial charge in [0.1, 0.15) is 5.03 Å². The zero-order valence-corrected chi connectivity index (χ0v) is 13.4. The average Bonchev–Trinajstić information content (AvgIpc) is 2.55. The molecule has 0 aliphatic carbocycles. The van der Waals surface area contributed by atoms with Gasteiger partial charge in [-0.05, 0) is 42.1 Å². The van der Waals surface area contributed by atoms with Crippen LogP contribution in [0.4, 0.5) is 25.0 Å². The third-order valence-corrected chi connectivity index (χ3v) is 3.55. The predicted molar refractivity (Wildman–Crippen MR) is 88.6 cm³/mol. The summed E-state index contributed by atoms with van der Waals surface area (Å²) in [4.78, 5) is 27.4. The van der Waals surface area contributed by atoms with Crippen molar-refractivity contribution in [2.24, 2.45) is 0 Å². The summed E-state index contributed by atoms with van der Waals surface area (Å²) >= 11 is 0.208. The third kappa shape index (κ3) is 4.92. The Morgan fingerprint density at radius 3 is 2.50 bits per heavy atom. The molecule has 0 spiro atoms. The largest absolute Gasteiger partial charge is 0.341 e. The fraction of sp³-hybridized carbons (Fsp3) is 0.133. The highest BCUT2D eigenvalue weighted by Gasteiger charge is 2.16. The number of pyridine rings is 1. The summed E-state index contributed by atoms with van der Waals surface area (Å²) in [5.74, 6) is -3.24. The van der Waals surface area contributed by atoms with Crippen LogP contribution in [-0.4, -0.2) is 29.7 Å². The fourth-order valence-corrected chi connectivity index (χ4v) is 2.39. The molecule has 1 aromatic heterocycles. The van der Waals surface area contributed by atoms with Gasteiger partial charge in [-0.25, -0.2) is 9.78 Å². The number of carbonyl (C=O) groups excluding carboxylic acids is 2. The topological polar surface area (TPSA) is 83.1 Å². The zero-order chi connectivity index (χ0) is 17.5. The van der Waals surface area contributed by atoms with Crippen LogP contribution >= 0.6 is 11.8 Å². The summed E-state index contributed by atoms with van der Waals surface area (Å²) in [5.41, 5.74) is 0.929. The molecule has 1 aromatic carbocycles. The molecule has 6 nitrogen and oxygen atoms in total. The number of anilines is 2. The number of hydrogen-bond acceptors (Lipinski definition) is 4. The first kappa shape index (κ1) is 17.7. The molecule has 0 bridgehead atoms. The number of nitrogens with zero attached hydrogens (tertiary/aromatic N) is 1. The Morgan fingerprint density at radius 1 is 1.12 bits per heavy atom. The van der Waals surface area contributed by atoms with Gasteiger partial charge in [-0.1, -0.05) is 6.07 Å². The monoisotopic (exact) mass is 352 g/mol. The summed E-state index contributed by atoms with van der Waals surface area (Å²) in [6, 6.07) is 8.95. The number of urea groups is 1. The van der Waals surface area contributed by atoms with Gasteiger partial charge in [-0.15, -0.1) is 0 Å². The molecule has 126 valence electrons. The highest BCUT2D eigenvalue weighted by molar-refractivity contribution is 7.99. The number of halogens is 2. The normalized spacial score (nSPS) is 10.3. The number of aromatic nitrogens is 1. The Labute approximate surface area is 141 Å². The van der Waals surface area contributed by atoms with Gasteiger partial charge in [0, 0.05) is 24.6 Å². The number of carbonyl (C=O) groups is 2. The lowest BCUT2D eigenvalue weighted by Crippen LogP contribution is -2.24. The molecule has 2 rings (SSSR count). The Bertz CT molecular complexity index is 743. The van der Waals surface area contributed by atoms with Crippen LogP contribution in [0.1, 0.15) is 10.4 Å². The van der Waals surface area contributed by atoms with E-state index in [0.29, 0.717) is 11.4 Å².